The molecule has 2 atom stereocenters. The van der Waals surface area contributed by atoms with Crippen molar-refractivity contribution in [1.29, 1.82) is 0 Å². The molecule has 168 valence electrons. The summed E-state index contributed by atoms with van der Waals surface area (Å²) in [6.07, 6.45) is 3.43. The summed E-state index contributed by atoms with van der Waals surface area (Å²) in [6, 6.07) is 10.4. The van der Waals surface area contributed by atoms with Gasteiger partial charge in [0.25, 0.3) is 5.91 Å². The molecule has 2 aromatic carbocycles. The van der Waals surface area contributed by atoms with E-state index in [0.717, 1.165) is 52.8 Å². The monoisotopic (exact) mass is 439 g/mol. The molecule has 0 saturated carbocycles. The van der Waals surface area contributed by atoms with Crippen LogP contribution < -0.4 is 0 Å². The molecule has 0 radical (unpaired) electrons. The van der Waals surface area contributed by atoms with E-state index in [0.29, 0.717) is 5.56 Å². The van der Waals surface area contributed by atoms with Crippen LogP contribution in [0.1, 0.15) is 60.1 Å². The van der Waals surface area contributed by atoms with E-state index in [1.54, 1.807) is 6.33 Å². The maximum absolute atomic E-state index is 13.7. The van der Waals surface area contributed by atoms with E-state index in [2.05, 4.69) is 47.8 Å². The van der Waals surface area contributed by atoms with Gasteiger partial charge in [0.05, 0.1) is 39.8 Å². The Morgan fingerprint density at radius 3 is 2.52 bits per heavy atom. The molecule has 0 unspecified atom stereocenters. The van der Waals surface area contributed by atoms with Crippen molar-refractivity contribution in [1.82, 2.24) is 24.8 Å². The van der Waals surface area contributed by atoms with Crippen LogP contribution in [-0.2, 0) is 11.8 Å². The Kier molecular flexibility index (Phi) is 4.08. The zero-order chi connectivity index (χ0) is 23.1. The minimum Gasteiger partial charge on any atom is -0.345 e. The average molecular weight is 440 g/mol. The lowest BCUT2D eigenvalue weighted by Gasteiger charge is -2.60. The number of benzene rings is 2. The summed E-state index contributed by atoms with van der Waals surface area (Å²) in [5, 5.41) is 0. The highest BCUT2D eigenvalue weighted by atomic mass is 16.2. The average Bonchev–Trinajstić information content (AvgIpc) is 3.24. The first-order valence-corrected chi connectivity index (χ1v) is 11.7. The number of hydrogen-bond acceptors (Lipinski definition) is 4. The molecule has 4 aromatic rings. The van der Waals surface area contributed by atoms with Crippen LogP contribution in [0.2, 0.25) is 0 Å². The number of nitrogens with one attached hydrogen (secondary N) is 1. The van der Waals surface area contributed by atoms with Crippen LogP contribution in [0.5, 0.6) is 0 Å². The lowest BCUT2D eigenvalue weighted by Crippen LogP contribution is -2.64. The van der Waals surface area contributed by atoms with Gasteiger partial charge in [-0.05, 0) is 73.6 Å². The van der Waals surface area contributed by atoms with Gasteiger partial charge in [0.2, 0.25) is 0 Å². The summed E-state index contributed by atoms with van der Waals surface area (Å²) >= 11 is 0. The molecule has 1 aliphatic heterocycles. The Balaban J connectivity index is 1.45. The number of fused-ring (bicyclic) bond motifs is 6. The van der Waals surface area contributed by atoms with Crippen LogP contribution in [0.4, 0.5) is 0 Å². The summed E-state index contributed by atoms with van der Waals surface area (Å²) in [7, 11) is 0. The number of carbonyl (C=O) groups excluding carboxylic acids is 1. The van der Waals surface area contributed by atoms with Gasteiger partial charge in [-0.2, -0.15) is 0 Å². The second-order valence-corrected chi connectivity index (χ2v) is 10.5. The van der Waals surface area contributed by atoms with Gasteiger partial charge in [0.1, 0.15) is 0 Å². The first kappa shape index (κ1) is 20.3. The fourth-order valence-electron chi connectivity index (χ4n) is 6.12. The van der Waals surface area contributed by atoms with Crippen LogP contribution in [0.15, 0.2) is 36.7 Å². The molecule has 6 nitrogen and oxygen atoms in total. The minimum atomic E-state index is -0.0765. The SMILES string of the molecule is Cc1nc2cc3c(cc2nc1C)[C@]1(C)CCN(C(=O)c2ccc4nc[nH]c4c2)[C@H](C3)C1(C)C. The predicted molar refractivity (Wildman–Crippen MR) is 129 cm³/mol. The third kappa shape index (κ3) is 2.73. The fourth-order valence-corrected chi connectivity index (χ4v) is 6.12. The van der Waals surface area contributed by atoms with Crippen molar-refractivity contribution < 1.29 is 4.79 Å². The number of amides is 1. The minimum absolute atomic E-state index is 0.0377. The Labute approximate surface area is 193 Å². The molecule has 1 N–H and O–H groups in total. The number of H-pyrrole nitrogens is 1. The number of aromatic amines is 1. The predicted octanol–water partition coefficient (Wildman–Crippen LogP) is 4.88. The van der Waals surface area contributed by atoms with Gasteiger partial charge < -0.3 is 9.88 Å². The van der Waals surface area contributed by atoms with Crippen molar-refractivity contribution in [3.05, 3.63) is 64.7 Å². The van der Waals surface area contributed by atoms with Crippen molar-refractivity contribution in [2.45, 2.75) is 58.9 Å². The van der Waals surface area contributed by atoms with Crippen LogP contribution in [0.3, 0.4) is 0 Å². The van der Waals surface area contributed by atoms with E-state index in [4.69, 9.17) is 9.97 Å². The number of rotatable bonds is 1. The van der Waals surface area contributed by atoms with Crippen LogP contribution in [-0.4, -0.2) is 43.3 Å². The summed E-state index contributed by atoms with van der Waals surface area (Å²) in [6.45, 7) is 11.8. The second-order valence-electron chi connectivity index (χ2n) is 10.5. The second kappa shape index (κ2) is 6.62. The largest absolute Gasteiger partial charge is 0.345 e. The summed E-state index contributed by atoms with van der Waals surface area (Å²) in [5.74, 6) is 0.0992. The van der Waals surface area contributed by atoms with Crippen molar-refractivity contribution in [2.75, 3.05) is 6.54 Å². The van der Waals surface area contributed by atoms with Crippen molar-refractivity contribution in [3.63, 3.8) is 0 Å². The lowest BCUT2D eigenvalue weighted by atomic mass is 9.51. The Bertz CT molecular complexity index is 1450. The molecule has 2 bridgehead atoms. The molecule has 33 heavy (non-hydrogen) atoms. The van der Waals surface area contributed by atoms with Gasteiger partial charge in [-0.3, -0.25) is 4.79 Å². The zero-order valence-electron chi connectivity index (χ0n) is 19.9. The highest BCUT2D eigenvalue weighted by molar-refractivity contribution is 5.97. The number of hydrogen-bond donors (Lipinski definition) is 1. The van der Waals surface area contributed by atoms with Gasteiger partial charge >= 0.3 is 0 Å². The third-order valence-corrected chi connectivity index (χ3v) is 8.72. The summed E-state index contributed by atoms with van der Waals surface area (Å²) in [5.41, 5.74) is 8.91. The lowest BCUT2D eigenvalue weighted by molar-refractivity contribution is -0.0261. The molecule has 2 aliphatic rings. The van der Waals surface area contributed by atoms with Gasteiger partial charge in [-0.1, -0.05) is 20.8 Å². The van der Waals surface area contributed by atoms with E-state index in [1.165, 1.54) is 11.1 Å². The third-order valence-electron chi connectivity index (χ3n) is 8.72. The molecule has 2 aromatic heterocycles. The van der Waals surface area contributed by atoms with Crippen molar-refractivity contribution in [3.8, 4) is 0 Å². The fraction of sp³-hybridized carbons (Fsp3) is 0.407. The molecule has 1 aliphatic carbocycles. The van der Waals surface area contributed by atoms with Gasteiger partial charge in [0, 0.05) is 23.6 Å². The number of nitrogens with zero attached hydrogens (tertiary/aromatic N) is 4. The Hall–Kier alpha value is -3.28. The quantitative estimate of drug-likeness (QED) is 0.459. The number of piperidine rings is 1. The number of aromatic nitrogens is 4. The number of aryl methyl sites for hydroxylation is 2. The molecule has 6 heteroatoms. The summed E-state index contributed by atoms with van der Waals surface area (Å²) < 4.78 is 0. The molecule has 6 rings (SSSR count). The maximum atomic E-state index is 13.7. The molecular weight excluding hydrogens is 410 g/mol. The van der Waals surface area contributed by atoms with E-state index in [1.807, 2.05) is 32.0 Å². The van der Waals surface area contributed by atoms with Gasteiger partial charge in [-0.25, -0.2) is 15.0 Å². The summed E-state index contributed by atoms with van der Waals surface area (Å²) in [4.78, 5) is 32.9. The molecular formula is C27H29N5O. The Morgan fingerprint density at radius 1 is 1.03 bits per heavy atom. The normalized spacial score (nSPS) is 23.7. The molecule has 1 amide bonds. The van der Waals surface area contributed by atoms with Crippen molar-refractivity contribution in [2.24, 2.45) is 5.41 Å². The Morgan fingerprint density at radius 2 is 1.76 bits per heavy atom. The number of imidazole rings is 1. The van der Waals surface area contributed by atoms with Crippen LogP contribution in [0, 0.1) is 19.3 Å². The zero-order valence-corrected chi connectivity index (χ0v) is 19.9. The van der Waals surface area contributed by atoms with Crippen LogP contribution >= 0.6 is 0 Å². The maximum Gasteiger partial charge on any atom is 0.254 e. The van der Waals surface area contributed by atoms with E-state index in [9.17, 15) is 4.79 Å². The number of likely N-dealkylation sites (tertiary alicyclic amines) is 1. The molecule has 0 spiro atoms. The topological polar surface area (TPSA) is 74.8 Å². The first-order valence-electron chi connectivity index (χ1n) is 11.7. The molecule has 1 fully saturated rings. The molecule has 3 heterocycles. The molecule has 1 saturated heterocycles. The van der Waals surface area contributed by atoms with E-state index < -0.39 is 0 Å². The smallest absolute Gasteiger partial charge is 0.254 e. The van der Waals surface area contributed by atoms with E-state index >= 15 is 0 Å². The first-order chi connectivity index (χ1) is 15.7. The van der Waals surface area contributed by atoms with Crippen LogP contribution in [0.25, 0.3) is 22.1 Å². The highest BCUT2D eigenvalue weighted by Crippen LogP contribution is 2.56. The standard InChI is InChI=1S/C27H29N5O/c1-15-16(2)31-23-13-19-18(11-22(23)30-15)12-24-26(3,4)27(19,5)8-9-32(24)25(33)17-6-7-20-21(10-17)29-14-28-20/h6-7,10-11,13-14,24H,8-9,12H2,1-5H3,(H,28,29)/t24-,27+/m1/s1. The highest BCUT2D eigenvalue weighted by Gasteiger charge is 2.57. The van der Waals surface area contributed by atoms with Gasteiger partial charge in [0.15, 0.2) is 0 Å². The van der Waals surface area contributed by atoms with Crippen molar-refractivity contribution >= 4 is 28.0 Å². The van der Waals surface area contributed by atoms with Gasteiger partial charge in [-0.15, -0.1) is 0 Å². The van der Waals surface area contributed by atoms with E-state index in [-0.39, 0.29) is 22.8 Å². The number of carbonyl (C=O) groups is 1.